The number of nitrogens with one attached hydrogen (secondary N) is 2. The number of thioether (sulfide) groups is 1. The molecule has 2 N–H and O–H groups in total. The van der Waals surface area contributed by atoms with Gasteiger partial charge in [0.15, 0.2) is 11.7 Å². The molecule has 0 aliphatic heterocycles. The average molecular weight is 391 g/mol. The number of aliphatic imine (C=N–C) groups is 1. The van der Waals surface area contributed by atoms with Crippen molar-refractivity contribution in [1.29, 1.82) is 0 Å². The summed E-state index contributed by atoms with van der Waals surface area (Å²) in [5, 5.41) is 10.7. The highest BCUT2D eigenvalue weighted by molar-refractivity contribution is 7.99. The van der Waals surface area contributed by atoms with E-state index in [0.717, 1.165) is 35.5 Å². The first kappa shape index (κ1) is 21.2. The number of guanidine groups is 1. The van der Waals surface area contributed by atoms with E-state index in [1.165, 1.54) is 4.90 Å². The summed E-state index contributed by atoms with van der Waals surface area (Å²) < 4.78 is 10.7. The number of methoxy groups -OCH3 is 1. The van der Waals surface area contributed by atoms with Crippen LogP contribution in [0.1, 0.15) is 38.1 Å². The van der Waals surface area contributed by atoms with Gasteiger partial charge in [0.1, 0.15) is 5.75 Å². The molecular formula is C20H30N4O2S. The highest BCUT2D eigenvalue weighted by Gasteiger charge is 2.10. The van der Waals surface area contributed by atoms with Crippen molar-refractivity contribution in [3.8, 4) is 5.75 Å². The van der Waals surface area contributed by atoms with E-state index >= 15 is 0 Å². The Hall–Kier alpha value is -2.15. The van der Waals surface area contributed by atoms with Crippen molar-refractivity contribution >= 4 is 17.7 Å². The molecule has 148 valence electrons. The summed E-state index contributed by atoms with van der Waals surface area (Å²) in [6, 6.07) is 10.1. The second-order valence-electron chi connectivity index (χ2n) is 6.75. The molecule has 1 unspecified atom stereocenters. The van der Waals surface area contributed by atoms with Crippen molar-refractivity contribution in [2.24, 2.45) is 10.9 Å². The number of rotatable bonds is 9. The Morgan fingerprint density at radius 3 is 2.70 bits per heavy atom. The van der Waals surface area contributed by atoms with E-state index in [1.807, 2.05) is 24.3 Å². The summed E-state index contributed by atoms with van der Waals surface area (Å²) in [5.41, 5.74) is 0.969. The fraction of sp³-hybridized carbons (Fsp3) is 0.500. The molecule has 0 amide bonds. The van der Waals surface area contributed by atoms with Crippen LogP contribution in [0.15, 0.2) is 44.7 Å². The maximum Gasteiger partial charge on any atom is 0.191 e. The Bertz CT molecular complexity index is 730. The first-order chi connectivity index (χ1) is 13.0. The van der Waals surface area contributed by atoms with Crippen LogP contribution in [-0.2, 0) is 6.54 Å². The maximum atomic E-state index is 5.40. The predicted octanol–water partition coefficient (Wildman–Crippen LogP) is 3.90. The molecule has 1 aromatic heterocycles. The quantitative estimate of drug-likeness (QED) is 0.384. The molecule has 2 rings (SSSR count). The fourth-order valence-electron chi connectivity index (χ4n) is 2.38. The summed E-state index contributed by atoms with van der Waals surface area (Å²) in [6.07, 6.45) is 0. The van der Waals surface area contributed by atoms with Gasteiger partial charge in [-0.15, -0.1) is 11.8 Å². The largest absolute Gasteiger partial charge is 0.496 e. The highest BCUT2D eigenvalue weighted by Crippen LogP contribution is 2.29. The van der Waals surface area contributed by atoms with Crippen molar-refractivity contribution < 1.29 is 9.26 Å². The Morgan fingerprint density at radius 1 is 1.26 bits per heavy atom. The summed E-state index contributed by atoms with van der Waals surface area (Å²) in [4.78, 5) is 5.44. The van der Waals surface area contributed by atoms with Crippen molar-refractivity contribution in [3.63, 3.8) is 0 Å². The van der Waals surface area contributed by atoms with Crippen molar-refractivity contribution in [1.82, 2.24) is 15.8 Å². The standard InChI is InChI=1S/C20H30N4O2S/c1-14(2)17-10-16(26-24-17)12-23-20(21-4)22-11-15(3)13-27-19-9-7-6-8-18(19)25-5/h6-10,14-15H,11-13H2,1-5H3,(H2,21,22,23). The van der Waals surface area contributed by atoms with E-state index in [0.29, 0.717) is 18.4 Å². The molecule has 0 fully saturated rings. The molecule has 6 nitrogen and oxygen atoms in total. The van der Waals surface area contributed by atoms with E-state index in [9.17, 15) is 0 Å². The lowest BCUT2D eigenvalue weighted by Gasteiger charge is -2.16. The third-order valence-electron chi connectivity index (χ3n) is 4.03. The van der Waals surface area contributed by atoms with Gasteiger partial charge in [-0.2, -0.15) is 0 Å². The van der Waals surface area contributed by atoms with Crippen LogP contribution in [-0.4, -0.2) is 37.6 Å². The fourth-order valence-corrected chi connectivity index (χ4v) is 3.43. The molecular weight excluding hydrogens is 360 g/mol. The van der Waals surface area contributed by atoms with E-state index < -0.39 is 0 Å². The second kappa shape index (κ2) is 10.9. The van der Waals surface area contributed by atoms with E-state index in [2.05, 4.69) is 47.6 Å². The van der Waals surface area contributed by atoms with Gasteiger partial charge in [-0.25, -0.2) is 0 Å². The van der Waals surface area contributed by atoms with Crippen LogP contribution in [0.5, 0.6) is 5.75 Å². The van der Waals surface area contributed by atoms with Gasteiger partial charge in [0, 0.05) is 30.3 Å². The van der Waals surface area contributed by atoms with E-state index in [1.54, 1.807) is 25.9 Å². The number of hydrogen-bond acceptors (Lipinski definition) is 5. The molecule has 0 aliphatic rings. The van der Waals surface area contributed by atoms with Crippen LogP contribution in [0, 0.1) is 5.92 Å². The maximum absolute atomic E-state index is 5.40. The molecule has 7 heteroatoms. The Kier molecular flexibility index (Phi) is 8.51. The van der Waals surface area contributed by atoms with Crippen molar-refractivity contribution in [3.05, 3.63) is 41.8 Å². The van der Waals surface area contributed by atoms with Crippen LogP contribution in [0.25, 0.3) is 0 Å². The zero-order valence-electron chi connectivity index (χ0n) is 16.8. The minimum absolute atomic E-state index is 0.363. The second-order valence-corrected chi connectivity index (χ2v) is 7.81. The summed E-state index contributed by atoms with van der Waals surface area (Å²) in [7, 11) is 3.47. The zero-order valence-corrected chi connectivity index (χ0v) is 17.6. The molecule has 0 radical (unpaired) electrons. The molecule has 0 aliphatic carbocycles. The van der Waals surface area contributed by atoms with Crippen LogP contribution in [0.2, 0.25) is 0 Å². The van der Waals surface area contributed by atoms with Gasteiger partial charge < -0.3 is 19.9 Å². The third kappa shape index (κ3) is 6.82. The number of ether oxygens (including phenoxy) is 1. The normalized spacial score (nSPS) is 12.9. The molecule has 1 atom stereocenters. The predicted molar refractivity (Wildman–Crippen MR) is 112 cm³/mol. The van der Waals surface area contributed by atoms with Crippen molar-refractivity contribution in [2.45, 2.75) is 38.1 Å². The first-order valence-corrected chi connectivity index (χ1v) is 10.2. The molecule has 1 aromatic carbocycles. The lowest BCUT2D eigenvalue weighted by atomic mass is 10.1. The van der Waals surface area contributed by atoms with Crippen LogP contribution in [0.4, 0.5) is 0 Å². The van der Waals surface area contributed by atoms with Gasteiger partial charge in [0.25, 0.3) is 0 Å². The molecule has 0 bridgehead atoms. The lowest BCUT2D eigenvalue weighted by molar-refractivity contribution is 0.372. The number of para-hydroxylation sites is 1. The molecule has 0 saturated heterocycles. The van der Waals surface area contributed by atoms with Gasteiger partial charge in [-0.1, -0.05) is 38.1 Å². The number of aromatic nitrogens is 1. The molecule has 0 spiro atoms. The lowest BCUT2D eigenvalue weighted by Crippen LogP contribution is -2.39. The number of benzene rings is 1. The number of hydrogen-bond donors (Lipinski definition) is 2. The topological polar surface area (TPSA) is 71.7 Å². The average Bonchev–Trinajstić information content (AvgIpc) is 3.16. The van der Waals surface area contributed by atoms with Crippen molar-refractivity contribution in [2.75, 3.05) is 26.5 Å². The third-order valence-corrected chi connectivity index (χ3v) is 5.42. The van der Waals surface area contributed by atoms with Gasteiger partial charge in [-0.3, -0.25) is 4.99 Å². The van der Waals surface area contributed by atoms with E-state index in [-0.39, 0.29) is 0 Å². The van der Waals surface area contributed by atoms with Crippen LogP contribution >= 0.6 is 11.8 Å². The van der Waals surface area contributed by atoms with Gasteiger partial charge in [0.05, 0.1) is 19.3 Å². The first-order valence-electron chi connectivity index (χ1n) is 9.19. The summed E-state index contributed by atoms with van der Waals surface area (Å²) in [6.45, 7) is 7.80. The Morgan fingerprint density at radius 2 is 2.04 bits per heavy atom. The highest BCUT2D eigenvalue weighted by atomic mass is 32.2. The monoisotopic (exact) mass is 390 g/mol. The molecule has 0 saturated carbocycles. The SMILES string of the molecule is CN=C(NCc1cc(C(C)C)no1)NCC(C)CSc1ccccc1OC. The summed E-state index contributed by atoms with van der Waals surface area (Å²) in [5.74, 6) is 4.31. The minimum Gasteiger partial charge on any atom is -0.496 e. The Labute approximate surface area is 166 Å². The van der Waals surface area contributed by atoms with Crippen LogP contribution < -0.4 is 15.4 Å². The summed E-state index contributed by atoms with van der Waals surface area (Å²) >= 11 is 1.81. The number of nitrogens with zero attached hydrogens (tertiary/aromatic N) is 2. The Balaban J connectivity index is 1.74. The van der Waals surface area contributed by atoms with Crippen LogP contribution in [0.3, 0.4) is 0 Å². The van der Waals surface area contributed by atoms with E-state index in [4.69, 9.17) is 9.26 Å². The van der Waals surface area contributed by atoms with Gasteiger partial charge in [-0.05, 0) is 24.0 Å². The minimum atomic E-state index is 0.363. The molecule has 1 heterocycles. The molecule has 2 aromatic rings. The van der Waals surface area contributed by atoms with Gasteiger partial charge in [0.2, 0.25) is 0 Å². The molecule has 27 heavy (non-hydrogen) atoms. The smallest absolute Gasteiger partial charge is 0.191 e. The van der Waals surface area contributed by atoms with Gasteiger partial charge >= 0.3 is 0 Å². The zero-order chi connectivity index (χ0) is 19.6.